The minimum Gasteiger partial charge on any atom is -0.481 e. The molecular formula is C15H16N6O4S3. The molecule has 3 atom stereocenters. The zero-order valence-electron chi connectivity index (χ0n) is 14.4. The molecule has 4 heterocycles. The van der Waals surface area contributed by atoms with Gasteiger partial charge in [0.05, 0.1) is 6.42 Å². The van der Waals surface area contributed by atoms with Crippen LogP contribution in [0.4, 0.5) is 0 Å². The number of H-pyrrole nitrogens is 1. The second-order valence-corrected chi connectivity index (χ2v) is 9.65. The summed E-state index contributed by atoms with van der Waals surface area (Å²) in [6, 6.07) is 3.14. The van der Waals surface area contributed by atoms with Gasteiger partial charge in [-0.1, -0.05) is 17.8 Å². The average Bonchev–Trinajstić information content (AvgIpc) is 3.38. The van der Waals surface area contributed by atoms with E-state index in [9.17, 15) is 19.5 Å². The molecule has 2 aromatic rings. The van der Waals surface area contributed by atoms with Crippen LogP contribution in [-0.4, -0.2) is 77.9 Å². The first-order valence-electron chi connectivity index (χ1n) is 8.32. The SMILES string of the molecule is O=C(Cc1cccs1)NC1C(=O)N2CC(CSc3nnn[nH]3)(C(=O)O)CS[C@H]12. The molecule has 2 amide bonds. The minimum absolute atomic E-state index is 0.102. The van der Waals surface area contributed by atoms with Crippen molar-refractivity contribution in [1.29, 1.82) is 0 Å². The number of rotatable bonds is 7. The van der Waals surface area contributed by atoms with Gasteiger partial charge in [-0.3, -0.25) is 14.4 Å². The predicted octanol–water partition coefficient (Wildman–Crippen LogP) is 0.0669. The van der Waals surface area contributed by atoms with Crippen molar-refractivity contribution in [3.05, 3.63) is 22.4 Å². The van der Waals surface area contributed by atoms with Gasteiger partial charge in [0.2, 0.25) is 17.0 Å². The summed E-state index contributed by atoms with van der Waals surface area (Å²) in [7, 11) is 0. The second-order valence-electron chi connectivity index (χ2n) is 6.55. The lowest BCUT2D eigenvalue weighted by Crippen LogP contribution is -2.74. The van der Waals surface area contributed by atoms with Crippen molar-refractivity contribution in [1.82, 2.24) is 30.8 Å². The Kier molecular flexibility index (Phi) is 5.29. The summed E-state index contributed by atoms with van der Waals surface area (Å²) < 4.78 is 0. The standard InChI is InChI=1S/C15H16N6O4S3/c22-9(4-8-2-1-3-26-8)16-10-11(23)21-5-15(13(24)25,6-27-12(10)21)7-28-14-17-19-20-18-14/h1-3,10,12H,4-7H2,(H,16,22)(H,24,25)(H,17,18,19,20)/t10?,12-,15?/m1/s1. The van der Waals surface area contributed by atoms with E-state index < -0.39 is 17.4 Å². The zero-order chi connectivity index (χ0) is 19.7. The molecule has 2 saturated heterocycles. The van der Waals surface area contributed by atoms with Gasteiger partial charge in [-0.15, -0.1) is 28.2 Å². The minimum atomic E-state index is -1.10. The lowest BCUT2D eigenvalue weighted by atomic mass is 9.89. The molecule has 2 fully saturated rings. The van der Waals surface area contributed by atoms with Gasteiger partial charge in [-0.2, -0.15) is 0 Å². The molecule has 0 spiro atoms. The van der Waals surface area contributed by atoms with Crippen molar-refractivity contribution in [2.75, 3.05) is 18.1 Å². The molecule has 2 aliphatic rings. The number of amides is 2. The second kappa shape index (κ2) is 7.72. The van der Waals surface area contributed by atoms with E-state index in [1.54, 1.807) is 0 Å². The number of thioether (sulfide) groups is 2. The molecule has 0 aromatic carbocycles. The Morgan fingerprint density at radius 1 is 1.50 bits per heavy atom. The van der Waals surface area contributed by atoms with E-state index in [0.717, 1.165) is 4.88 Å². The van der Waals surface area contributed by atoms with Crippen LogP contribution in [0.1, 0.15) is 4.88 Å². The summed E-state index contributed by atoms with van der Waals surface area (Å²) >= 11 is 4.08. The number of β-lactam (4-membered cyclic amide) rings is 1. The summed E-state index contributed by atoms with van der Waals surface area (Å²) in [6.07, 6.45) is 0.236. The smallest absolute Gasteiger partial charge is 0.313 e. The molecule has 0 aliphatic carbocycles. The Bertz CT molecular complexity index is 876. The number of nitrogens with zero attached hydrogens (tertiary/aromatic N) is 4. The van der Waals surface area contributed by atoms with Gasteiger partial charge in [0, 0.05) is 22.9 Å². The van der Waals surface area contributed by atoms with Crippen molar-refractivity contribution in [3.63, 3.8) is 0 Å². The number of thiophene rings is 1. The summed E-state index contributed by atoms with van der Waals surface area (Å²) in [5.74, 6) is -0.838. The maximum atomic E-state index is 12.5. The monoisotopic (exact) mass is 440 g/mol. The molecule has 0 radical (unpaired) electrons. The fourth-order valence-corrected chi connectivity index (χ4v) is 6.42. The van der Waals surface area contributed by atoms with Gasteiger partial charge < -0.3 is 15.3 Å². The number of tetrazole rings is 1. The number of nitrogens with one attached hydrogen (secondary N) is 2. The van der Waals surface area contributed by atoms with Crippen molar-refractivity contribution >= 4 is 52.6 Å². The molecule has 148 valence electrons. The fraction of sp³-hybridized carbons (Fsp3) is 0.467. The van der Waals surface area contributed by atoms with Gasteiger partial charge in [-0.05, 0) is 21.9 Å². The number of aromatic nitrogens is 4. The Morgan fingerprint density at radius 2 is 2.36 bits per heavy atom. The fourth-order valence-electron chi connectivity index (χ4n) is 3.12. The third kappa shape index (κ3) is 3.61. The lowest BCUT2D eigenvalue weighted by molar-refractivity contribution is -0.157. The van der Waals surface area contributed by atoms with Gasteiger partial charge in [0.15, 0.2) is 0 Å². The van der Waals surface area contributed by atoms with Crippen LogP contribution in [0, 0.1) is 5.41 Å². The molecule has 0 saturated carbocycles. The van der Waals surface area contributed by atoms with Crippen LogP contribution in [-0.2, 0) is 20.8 Å². The summed E-state index contributed by atoms with van der Waals surface area (Å²) in [4.78, 5) is 39.2. The lowest BCUT2D eigenvalue weighted by Gasteiger charge is -2.53. The quantitative estimate of drug-likeness (QED) is 0.403. The van der Waals surface area contributed by atoms with Gasteiger partial charge in [-0.25, -0.2) is 5.10 Å². The highest BCUT2D eigenvalue weighted by molar-refractivity contribution is 8.00. The Balaban J connectivity index is 1.37. The highest BCUT2D eigenvalue weighted by Gasteiger charge is 2.57. The van der Waals surface area contributed by atoms with Crippen LogP contribution in [0.25, 0.3) is 0 Å². The highest BCUT2D eigenvalue weighted by Crippen LogP contribution is 2.44. The van der Waals surface area contributed by atoms with Gasteiger partial charge >= 0.3 is 5.97 Å². The first-order chi connectivity index (χ1) is 13.5. The van der Waals surface area contributed by atoms with Crippen molar-refractivity contribution < 1.29 is 19.5 Å². The molecule has 4 rings (SSSR count). The van der Waals surface area contributed by atoms with Gasteiger partial charge in [0.25, 0.3) is 0 Å². The van der Waals surface area contributed by atoms with Crippen molar-refractivity contribution in [2.24, 2.45) is 5.41 Å². The van der Waals surface area contributed by atoms with Crippen LogP contribution >= 0.6 is 34.9 Å². The van der Waals surface area contributed by atoms with Crippen LogP contribution in [0.2, 0.25) is 0 Å². The zero-order valence-corrected chi connectivity index (χ0v) is 16.9. The van der Waals surface area contributed by atoms with Crippen LogP contribution < -0.4 is 5.32 Å². The molecule has 13 heteroatoms. The predicted molar refractivity (Wildman–Crippen MR) is 103 cm³/mol. The summed E-state index contributed by atoms with van der Waals surface area (Å²) in [6.45, 7) is 0.102. The Labute approximate surface area is 171 Å². The Morgan fingerprint density at radius 3 is 3.04 bits per heavy atom. The van der Waals surface area contributed by atoms with Crippen LogP contribution in [0.3, 0.4) is 0 Å². The number of fused-ring (bicyclic) bond motifs is 1. The van der Waals surface area contributed by atoms with E-state index in [4.69, 9.17) is 0 Å². The third-order valence-electron chi connectivity index (χ3n) is 4.64. The van der Waals surface area contributed by atoms with E-state index in [1.807, 2.05) is 17.5 Å². The van der Waals surface area contributed by atoms with Crippen LogP contribution in [0.5, 0.6) is 0 Å². The van der Waals surface area contributed by atoms with E-state index >= 15 is 0 Å². The first-order valence-corrected chi connectivity index (χ1v) is 11.2. The number of carbonyl (C=O) groups is 3. The average molecular weight is 441 g/mol. The van der Waals surface area contributed by atoms with Crippen molar-refractivity contribution in [3.8, 4) is 0 Å². The molecule has 3 N–H and O–H groups in total. The number of carbonyl (C=O) groups excluding carboxylic acids is 2. The molecule has 2 unspecified atom stereocenters. The number of carboxylic acids is 1. The molecule has 2 aliphatic heterocycles. The highest BCUT2D eigenvalue weighted by atomic mass is 32.2. The molecule has 0 bridgehead atoms. The molecule has 28 heavy (non-hydrogen) atoms. The third-order valence-corrected chi connectivity index (χ3v) is 8.25. The Hall–Kier alpha value is -2.12. The van der Waals surface area contributed by atoms with Crippen LogP contribution in [0.15, 0.2) is 22.7 Å². The van der Waals surface area contributed by atoms with E-state index in [-0.39, 0.29) is 35.9 Å². The van der Waals surface area contributed by atoms with E-state index in [1.165, 1.54) is 39.8 Å². The molecule has 2 aromatic heterocycles. The first kappa shape index (κ1) is 19.2. The molecule has 10 nitrogen and oxygen atoms in total. The van der Waals surface area contributed by atoms with E-state index in [0.29, 0.717) is 10.9 Å². The summed E-state index contributed by atoms with van der Waals surface area (Å²) in [5.41, 5.74) is -1.10. The topological polar surface area (TPSA) is 141 Å². The molecular weight excluding hydrogens is 424 g/mol. The number of aliphatic carboxylic acids is 1. The normalized spacial score (nSPS) is 26.4. The largest absolute Gasteiger partial charge is 0.481 e. The maximum absolute atomic E-state index is 12.5. The maximum Gasteiger partial charge on any atom is 0.313 e. The number of aromatic amines is 1. The van der Waals surface area contributed by atoms with Gasteiger partial charge in [0.1, 0.15) is 16.8 Å². The number of hydrogen-bond donors (Lipinski definition) is 3. The number of carboxylic acid groups (broad SMARTS) is 1. The number of hydrogen-bond acceptors (Lipinski definition) is 9. The van der Waals surface area contributed by atoms with E-state index in [2.05, 4.69) is 25.9 Å². The summed E-state index contributed by atoms with van der Waals surface area (Å²) in [5, 5.41) is 27.9. The van der Waals surface area contributed by atoms with Crippen molar-refractivity contribution in [2.45, 2.75) is 23.0 Å².